The summed E-state index contributed by atoms with van der Waals surface area (Å²) in [6, 6.07) is 14.2. The van der Waals surface area contributed by atoms with E-state index in [2.05, 4.69) is 9.97 Å². The van der Waals surface area contributed by atoms with Gasteiger partial charge in [-0.2, -0.15) is 13.2 Å². The Morgan fingerprint density at radius 2 is 1.91 bits per heavy atom. The average Bonchev–Trinajstić information content (AvgIpc) is 2.82. The molecule has 1 unspecified atom stereocenters. The van der Waals surface area contributed by atoms with Gasteiger partial charge >= 0.3 is 12.1 Å². The molecule has 34 heavy (non-hydrogen) atoms. The summed E-state index contributed by atoms with van der Waals surface area (Å²) in [7, 11) is 1.59. The number of aliphatic carboxylic acids is 1. The van der Waals surface area contributed by atoms with Gasteiger partial charge in [-0.1, -0.05) is 24.3 Å². The summed E-state index contributed by atoms with van der Waals surface area (Å²) in [5.41, 5.74) is 0.477. The van der Waals surface area contributed by atoms with E-state index in [1.54, 1.807) is 26.2 Å². The zero-order chi connectivity index (χ0) is 24.7. The van der Waals surface area contributed by atoms with Gasteiger partial charge in [0, 0.05) is 36.9 Å². The van der Waals surface area contributed by atoms with Crippen LogP contribution in [0.5, 0.6) is 0 Å². The van der Waals surface area contributed by atoms with Crippen LogP contribution in [0.25, 0.3) is 11.4 Å². The lowest BCUT2D eigenvalue weighted by molar-refractivity contribution is -0.138. The van der Waals surface area contributed by atoms with E-state index in [0.29, 0.717) is 25.5 Å². The van der Waals surface area contributed by atoms with Crippen LogP contribution in [0.3, 0.4) is 0 Å². The molecule has 0 spiro atoms. The fourth-order valence-corrected chi connectivity index (χ4v) is 3.93. The summed E-state index contributed by atoms with van der Waals surface area (Å²) in [6.07, 6.45) is -2.93. The zero-order valence-electron chi connectivity index (χ0n) is 18.6. The van der Waals surface area contributed by atoms with E-state index in [0.717, 1.165) is 22.6 Å². The van der Waals surface area contributed by atoms with Gasteiger partial charge in [-0.3, -0.25) is 4.79 Å². The van der Waals surface area contributed by atoms with Crippen molar-refractivity contribution in [2.75, 3.05) is 25.2 Å². The molecule has 0 amide bonds. The Morgan fingerprint density at radius 3 is 2.56 bits per heavy atom. The molecule has 3 rings (SSSR count). The molecule has 180 valence electrons. The molecule has 2 aromatic carbocycles. The number of thioether (sulfide) groups is 1. The van der Waals surface area contributed by atoms with E-state index >= 15 is 0 Å². The van der Waals surface area contributed by atoms with Crippen molar-refractivity contribution in [1.29, 1.82) is 0 Å². The van der Waals surface area contributed by atoms with E-state index < -0.39 is 23.0 Å². The van der Waals surface area contributed by atoms with Crippen LogP contribution in [0.4, 0.5) is 19.0 Å². The largest absolute Gasteiger partial charge is 0.480 e. The third kappa shape index (κ3) is 6.94. The lowest BCUT2D eigenvalue weighted by Crippen LogP contribution is -2.27. The number of carbonyl (C=O) groups is 1. The van der Waals surface area contributed by atoms with Crippen LogP contribution in [0, 0.1) is 0 Å². The number of ether oxygens (including phenoxy) is 1. The standard InChI is InChI=1S/C24H24F3N3O3S/c1-16(23(31)32)34-20-8-6-17(7-9-20)15-30(12-13-33-2)21-10-11-28-22(29-21)18-4-3-5-19(14-18)24(25,26)27/h3-11,14,16H,12-13,15H2,1-2H3,(H,31,32). The highest BCUT2D eigenvalue weighted by molar-refractivity contribution is 8.00. The Hall–Kier alpha value is -3.11. The molecule has 1 N–H and O–H groups in total. The summed E-state index contributed by atoms with van der Waals surface area (Å²) in [6.45, 7) is 3.03. The number of hydrogen-bond acceptors (Lipinski definition) is 6. The van der Waals surface area contributed by atoms with Crippen LogP contribution in [0.2, 0.25) is 0 Å². The molecule has 0 aliphatic carbocycles. The third-order valence-corrected chi connectivity index (χ3v) is 6.04. The smallest absolute Gasteiger partial charge is 0.416 e. The number of halogens is 3. The first kappa shape index (κ1) is 25.5. The topological polar surface area (TPSA) is 75.5 Å². The van der Waals surface area contributed by atoms with Gasteiger partial charge in [0.2, 0.25) is 0 Å². The molecule has 0 fully saturated rings. The third-order valence-electron chi connectivity index (χ3n) is 4.94. The summed E-state index contributed by atoms with van der Waals surface area (Å²) in [5.74, 6) is -0.127. The van der Waals surface area contributed by atoms with Gasteiger partial charge in [-0.15, -0.1) is 11.8 Å². The molecule has 1 atom stereocenters. The van der Waals surface area contributed by atoms with E-state index in [1.807, 2.05) is 29.2 Å². The Bertz CT molecular complexity index is 1110. The van der Waals surface area contributed by atoms with Gasteiger partial charge in [0.1, 0.15) is 11.1 Å². The van der Waals surface area contributed by atoms with E-state index in [4.69, 9.17) is 9.84 Å². The SMILES string of the molecule is COCCN(Cc1ccc(SC(C)C(=O)O)cc1)c1ccnc(-c2cccc(C(F)(F)F)c2)n1. The second-order valence-electron chi connectivity index (χ2n) is 7.47. The normalized spacial score (nSPS) is 12.4. The maximum absolute atomic E-state index is 13.1. The molecule has 0 aliphatic heterocycles. The van der Waals surface area contributed by atoms with Crippen molar-refractivity contribution in [2.45, 2.75) is 29.8 Å². The Morgan fingerprint density at radius 1 is 1.18 bits per heavy atom. The maximum atomic E-state index is 13.1. The van der Waals surface area contributed by atoms with Gasteiger partial charge < -0.3 is 14.7 Å². The molecule has 0 bridgehead atoms. The van der Waals surface area contributed by atoms with E-state index in [1.165, 1.54) is 24.0 Å². The summed E-state index contributed by atoms with van der Waals surface area (Å²) >= 11 is 1.26. The summed E-state index contributed by atoms with van der Waals surface area (Å²) in [4.78, 5) is 22.5. The lowest BCUT2D eigenvalue weighted by Gasteiger charge is -2.24. The molecule has 1 aromatic heterocycles. The molecule has 6 nitrogen and oxygen atoms in total. The summed E-state index contributed by atoms with van der Waals surface area (Å²) in [5, 5.41) is 8.52. The fourth-order valence-electron chi connectivity index (χ4n) is 3.12. The van der Waals surface area contributed by atoms with Crippen molar-refractivity contribution < 1.29 is 27.8 Å². The predicted octanol–water partition coefficient (Wildman–Crippen LogP) is 5.38. The first-order chi connectivity index (χ1) is 16.2. The predicted molar refractivity (Wildman–Crippen MR) is 125 cm³/mol. The van der Waals surface area contributed by atoms with Crippen molar-refractivity contribution >= 4 is 23.5 Å². The number of alkyl halides is 3. The fraction of sp³-hybridized carbons (Fsp3) is 0.292. The van der Waals surface area contributed by atoms with Crippen LogP contribution in [-0.2, 0) is 22.3 Å². The van der Waals surface area contributed by atoms with Crippen molar-refractivity contribution in [2.24, 2.45) is 0 Å². The minimum atomic E-state index is -4.45. The van der Waals surface area contributed by atoms with Gasteiger partial charge in [0.25, 0.3) is 0 Å². The average molecular weight is 492 g/mol. The number of carboxylic acids is 1. The number of rotatable bonds is 10. The molecule has 3 aromatic rings. The van der Waals surface area contributed by atoms with Gasteiger partial charge in [0.15, 0.2) is 5.82 Å². The summed E-state index contributed by atoms with van der Waals surface area (Å²) < 4.78 is 44.6. The number of nitrogens with zero attached hydrogens (tertiary/aromatic N) is 3. The first-order valence-corrected chi connectivity index (χ1v) is 11.3. The van der Waals surface area contributed by atoms with Crippen LogP contribution >= 0.6 is 11.8 Å². The lowest BCUT2D eigenvalue weighted by atomic mass is 10.1. The number of hydrogen-bond donors (Lipinski definition) is 1. The highest BCUT2D eigenvalue weighted by Crippen LogP contribution is 2.32. The second kappa shape index (κ2) is 11.3. The van der Waals surface area contributed by atoms with Gasteiger partial charge in [0.05, 0.1) is 12.2 Å². The Kier molecular flexibility index (Phi) is 8.51. The quantitative estimate of drug-likeness (QED) is 0.382. The molecule has 0 aliphatic rings. The van der Waals surface area contributed by atoms with Crippen LogP contribution in [-0.4, -0.2) is 46.6 Å². The van der Waals surface area contributed by atoms with Crippen LogP contribution in [0.15, 0.2) is 65.7 Å². The Labute approximate surface area is 199 Å². The number of benzene rings is 2. The van der Waals surface area contributed by atoms with Gasteiger partial charge in [-0.25, -0.2) is 9.97 Å². The van der Waals surface area contributed by atoms with E-state index in [-0.39, 0.29) is 11.4 Å². The van der Waals surface area contributed by atoms with Crippen molar-refractivity contribution in [3.8, 4) is 11.4 Å². The number of methoxy groups -OCH3 is 1. The minimum absolute atomic E-state index is 0.195. The second-order valence-corrected chi connectivity index (χ2v) is 8.89. The molecular weight excluding hydrogens is 467 g/mol. The first-order valence-electron chi connectivity index (χ1n) is 10.4. The molecule has 1 heterocycles. The zero-order valence-corrected chi connectivity index (χ0v) is 19.4. The maximum Gasteiger partial charge on any atom is 0.416 e. The highest BCUT2D eigenvalue weighted by Gasteiger charge is 2.30. The van der Waals surface area contributed by atoms with Crippen molar-refractivity contribution in [3.05, 3.63) is 71.9 Å². The van der Waals surface area contributed by atoms with Gasteiger partial charge in [-0.05, 0) is 42.8 Å². The highest BCUT2D eigenvalue weighted by atomic mass is 32.2. The van der Waals surface area contributed by atoms with Crippen molar-refractivity contribution in [3.63, 3.8) is 0 Å². The Balaban J connectivity index is 1.83. The van der Waals surface area contributed by atoms with Crippen LogP contribution in [0.1, 0.15) is 18.1 Å². The number of carboxylic acid groups (broad SMARTS) is 1. The minimum Gasteiger partial charge on any atom is -0.480 e. The molecule has 0 saturated carbocycles. The number of anilines is 1. The molecule has 0 saturated heterocycles. The van der Waals surface area contributed by atoms with Crippen LogP contribution < -0.4 is 4.90 Å². The van der Waals surface area contributed by atoms with E-state index in [9.17, 15) is 18.0 Å². The molecule has 0 radical (unpaired) electrons. The monoisotopic (exact) mass is 491 g/mol. The van der Waals surface area contributed by atoms with Crippen molar-refractivity contribution in [1.82, 2.24) is 9.97 Å². The molecule has 10 heteroatoms. The molecular formula is C24H24F3N3O3S. The number of aromatic nitrogens is 2.